The third kappa shape index (κ3) is 5.49. The van der Waals surface area contributed by atoms with Crippen LogP contribution in [0, 0.1) is 11.8 Å². The van der Waals surface area contributed by atoms with Gasteiger partial charge in [0.25, 0.3) is 0 Å². The highest BCUT2D eigenvalue weighted by molar-refractivity contribution is 7.80. The van der Waals surface area contributed by atoms with Crippen LogP contribution in [-0.2, 0) is 11.2 Å². The Morgan fingerprint density at radius 1 is 1.37 bits per heavy atom. The lowest BCUT2D eigenvalue weighted by atomic mass is 9.78. The number of aromatic nitrogens is 2. The van der Waals surface area contributed by atoms with Gasteiger partial charge in [-0.2, -0.15) is 4.98 Å². The fraction of sp³-hybridized carbons (Fsp3) is 0.556. The van der Waals surface area contributed by atoms with Gasteiger partial charge in [0.05, 0.1) is 4.88 Å². The third-order valence-electron chi connectivity index (χ3n) is 5.11. The van der Waals surface area contributed by atoms with Crippen molar-refractivity contribution in [2.45, 2.75) is 52.0 Å². The lowest BCUT2D eigenvalue weighted by molar-refractivity contribution is -0.121. The maximum Gasteiger partial charge on any atom is 0.238 e. The van der Waals surface area contributed by atoms with Crippen molar-refractivity contribution in [3.63, 3.8) is 0 Å². The smallest absolute Gasteiger partial charge is 0.238 e. The number of hydrazine groups is 1. The zero-order chi connectivity index (χ0) is 19.2. The minimum absolute atomic E-state index is 0.180. The molecular weight excluding hydrogens is 382 g/mol. The molecule has 0 saturated heterocycles. The first-order chi connectivity index (χ1) is 13.0. The number of hydrogen-bond donors (Lipinski definition) is 3. The molecule has 1 saturated carbocycles. The monoisotopic (exact) mass is 407 g/mol. The number of thiophene rings is 1. The van der Waals surface area contributed by atoms with Gasteiger partial charge in [-0.05, 0) is 41.9 Å². The van der Waals surface area contributed by atoms with E-state index in [1.165, 1.54) is 12.8 Å². The number of aryl methyl sites for hydroxylation is 1. The van der Waals surface area contributed by atoms with Crippen molar-refractivity contribution in [1.82, 2.24) is 26.3 Å². The van der Waals surface area contributed by atoms with Crippen LogP contribution < -0.4 is 16.2 Å². The van der Waals surface area contributed by atoms with Crippen molar-refractivity contribution in [3.05, 3.63) is 23.4 Å². The standard InChI is InChI=1S/C18H25N5O2S2/c1-11-5-3-6-13(12(11)2)19-18(26)22-21-15(24)8-9-16-20-17(23-25-16)14-7-4-10-27-14/h4,7,10-13H,3,5-6,8-9H2,1-2H3,(H,21,24)(H2,19,22,26)/t11-,12+,13-/m0/s1. The lowest BCUT2D eigenvalue weighted by Crippen LogP contribution is -2.52. The summed E-state index contributed by atoms with van der Waals surface area (Å²) in [6.07, 6.45) is 4.18. The fourth-order valence-corrected chi connectivity index (χ4v) is 4.11. The van der Waals surface area contributed by atoms with Crippen LogP contribution in [-0.4, -0.2) is 27.2 Å². The number of nitrogens with zero attached hydrogens (tertiary/aromatic N) is 2. The van der Waals surface area contributed by atoms with Crippen LogP contribution in [0.4, 0.5) is 0 Å². The largest absolute Gasteiger partial charge is 0.358 e. The summed E-state index contributed by atoms with van der Waals surface area (Å²) < 4.78 is 5.19. The zero-order valence-corrected chi connectivity index (χ0v) is 17.2. The predicted molar refractivity (Wildman–Crippen MR) is 109 cm³/mol. The molecule has 146 valence electrons. The number of carbonyl (C=O) groups is 1. The van der Waals surface area contributed by atoms with Crippen LogP contribution in [0.2, 0.25) is 0 Å². The van der Waals surface area contributed by atoms with Crippen LogP contribution in [0.15, 0.2) is 22.0 Å². The Morgan fingerprint density at radius 2 is 2.22 bits per heavy atom. The van der Waals surface area contributed by atoms with Crippen LogP contribution >= 0.6 is 23.6 Å². The van der Waals surface area contributed by atoms with Gasteiger partial charge in [0, 0.05) is 18.9 Å². The Bertz CT molecular complexity index is 762. The summed E-state index contributed by atoms with van der Waals surface area (Å²) in [7, 11) is 0. The van der Waals surface area contributed by atoms with Gasteiger partial charge in [-0.25, -0.2) is 0 Å². The molecule has 1 aliphatic carbocycles. The average molecular weight is 408 g/mol. The number of rotatable bonds is 5. The molecule has 2 heterocycles. The molecule has 1 aliphatic rings. The second-order valence-electron chi connectivity index (χ2n) is 7.01. The van der Waals surface area contributed by atoms with Crippen LogP contribution in [0.3, 0.4) is 0 Å². The van der Waals surface area contributed by atoms with Crippen molar-refractivity contribution < 1.29 is 9.32 Å². The molecule has 1 fully saturated rings. The zero-order valence-electron chi connectivity index (χ0n) is 15.5. The van der Waals surface area contributed by atoms with Gasteiger partial charge >= 0.3 is 0 Å². The Kier molecular flexibility index (Phi) is 6.78. The molecule has 2 aromatic rings. The third-order valence-corrected chi connectivity index (χ3v) is 6.20. The summed E-state index contributed by atoms with van der Waals surface area (Å²) in [5, 5.41) is 9.65. The summed E-state index contributed by atoms with van der Waals surface area (Å²) in [6, 6.07) is 4.21. The summed E-state index contributed by atoms with van der Waals surface area (Å²) in [5.41, 5.74) is 5.41. The molecular formula is C18H25N5O2S2. The summed E-state index contributed by atoms with van der Waals surface area (Å²) in [5.74, 6) is 2.06. The normalized spacial score (nSPS) is 22.2. The van der Waals surface area contributed by atoms with Crippen LogP contribution in [0.25, 0.3) is 10.7 Å². The quantitative estimate of drug-likeness (QED) is 0.518. The van der Waals surface area contributed by atoms with Crippen molar-refractivity contribution in [1.29, 1.82) is 0 Å². The molecule has 2 aromatic heterocycles. The molecule has 3 atom stereocenters. The minimum Gasteiger partial charge on any atom is -0.358 e. The highest BCUT2D eigenvalue weighted by Gasteiger charge is 2.27. The van der Waals surface area contributed by atoms with Crippen molar-refractivity contribution in [3.8, 4) is 10.7 Å². The number of thiocarbonyl (C=S) groups is 1. The molecule has 27 heavy (non-hydrogen) atoms. The van der Waals surface area contributed by atoms with Crippen LogP contribution in [0.5, 0.6) is 0 Å². The number of carbonyl (C=O) groups excluding carboxylic acids is 1. The fourth-order valence-electron chi connectivity index (χ4n) is 3.26. The van der Waals surface area contributed by atoms with Crippen LogP contribution in [0.1, 0.15) is 45.4 Å². The van der Waals surface area contributed by atoms with Gasteiger partial charge in [-0.1, -0.05) is 37.9 Å². The summed E-state index contributed by atoms with van der Waals surface area (Å²) >= 11 is 6.84. The van der Waals surface area contributed by atoms with E-state index < -0.39 is 0 Å². The molecule has 1 amide bonds. The molecule has 0 radical (unpaired) electrons. The Balaban J connectivity index is 1.37. The SMILES string of the molecule is C[C@H]1[C@@H](NC(=S)NNC(=O)CCc2nc(-c3cccs3)no2)CCC[C@@H]1C. The van der Waals surface area contributed by atoms with Gasteiger partial charge in [-0.3, -0.25) is 15.6 Å². The average Bonchev–Trinajstić information content (AvgIpc) is 3.33. The molecule has 0 aliphatic heterocycles. The van der Waals surface area contributed by atoms with Gasteiger partial charge in [0.1, 0.15) is 0 Å². The topological polar surface area (TPSA) is 92.1 Å². The predicted octanol–water partition coefficient (Wildman–Crippen LogP) is 3.05. The first kappa shape index (κ1) is 19.8. The lowest BCUT2D eigenvalue weighted by Gasteiger charge is -2.35. The molecule has 0 unspecified atom stereocenters. The highest BCUT2D eigenvalue weighted by Crippen LogP contribution is 2.29. The van der Waals surface area contributed by atoms with Crippen molar-refractivity contribution >= 4 is 34.6 Å². The van der Waals surface area contributed by atoms with E-state index in [1.54, 1.807) is 11.3 Å². The Morgan fingerprint density at radius 3 is 3.00 bits per heavy atom. The van der Waals surface area contributed by atoms with Gasteiger partial charge < -0.3 is 9.84 Å². The summed E-state index contributed by atoms with van der Waals surface area (Å²) in [6.45, 7) is 4.52. The van der Waals surface area contributed by atoms with E-state index in [-0.39, 0.29) is 12.3 Å². The number of hydrogen-bond acceptors (Lipinski definition) is 6. The first-order valence-corrected chi connectivity index (χ1v) is 10.5. The molecule has 0 spiro atoms. The number of nitrogens with one attached hydrogen (secondary N) is 3. The molecule has 0 bridgehead atoms. The molecule has 7 nitrogen and oxygen atoms in total. The van der Waals surface area contributed by atoms with Crippen molar-refractivity contribution in [2.24, 2.45) is 11.8 Å². The number of amides is 1. The van der Waals surface area contributed by atoms with E-state index >= 15 is 0 Å². The Labute approximate surface area is 168 Å². The second kappa shape index (κ2) is 9.27. The maximum absolute atomic E-state index is 12.0. The van der Waals surface area contributed by atoms with Gasteiger partial charge in [0.15, 0.2) is 5.11 Å². The molecule has 0 aromatic carbocycles. The van der Waals surface area contributed by atoms with E-state index in [0.29, 0.717) is 41.1 Å². The second-order valence-corrected chi connectivity index (χ2v) is 8.37. The highest BCUT2D eigenvalue weighted by atomic mass is 32.1. The van der Waals surface area contributed by atoms with E-state index in [1.807, 2.05) is 17.5 Å². The Hall–Kier alpha value is -2.00. The molecule has 3 N–H and O–H groups in total. The van der Waals surface area contributed by atoms with Gasteiger partial charge in [-0.15, -0.1) is 11.3 Å². The molecule has 9 heteroatoms. The summed E-state index contributed by atoms with van der Waals surface area (Å²) in [4.78, 5) is 17.3. The van der Waals surface area contributed by atoms with E-state index in [9.17, 15) is 4.79 Å². The van der Waals surface area contributed by atoms with Crippen molar-refractivity contribution in [2.75, 3.05) is 0 Å². The van der Waals surface area contributed by atoms with E-state index in [0.717, 1.165) is 11.3 Å². The molecule has 3 rings (SSSR count). The maximum atomic E-state index is 12.0. The van der Waals surface area contributed by atoms with E-state index in [4.69, 9.17) is 16.7 Å². The van der Waals surface area contributed by atoms with Gasteiger partial charge in [0.2, 0.25) is 17.6 Å². The first-order valence-electron chi connectivity index (χ1n) is 9.24. The minimum atomic E-state index is -0.180. The van der Waals surface area contributed by atoms with E-state index in [2.05, 4.69) is 40.2 Å².